The molecular formula is C16H20IN3. The summed E-state index contributed by atoms with van der Waals surface area (Å²) in [4.78, 5) is 9.33. The smallest absolute Gasteiger partial charge is 0.161 e. The summed E-state index contributed by atoms with van der Waals surface area (Å²) in [6, 6.07) is 6.44. The molecule has 0 saturated heterocycles. The number of benzene rings is 1. The number of nitrogens with zero attached hydrogens (tertiary/aromatic N) is 2. The van der Waals surface area contributed by atoms with E-state index in [1.165, 1.54) is 11.1 Å². The van der Waals surface area contributed by atoms with Crippen LogP contribution in [0.15, 0.2) is 18.2 Å². The summed E-state index contributed by atoms with van der Waals surface area (Å²) in [6.07, 6.45) is 1.08. The molecule has 0 aliphatic rings. The van der Waals surface area contributed by atoms with Crippen LogP contribution in [0.25, 0.3) is 11.4 Å². The van der Waals surface area contributed by atoms with Crippen molar-refractivity contribution >= 4 is 28.4 Å². The third-order valence-electron chi connectivity index (χ3n) is 3.04. The minimum Gasteiger partial charge on any atom is -0.369 e. The first-order valence-corrected chi connectivity index (χ1v) is 7.95. The van der Waals surface area contributed by atoms with E-state index in [1.54, 1.807) is 0 Å². The van der Waals surface area contributed by atoms with Crippen LogP contribution >= 0.6 is 22.6 Å². The van der Waals surface area contributed by atoms with Gasteiger partial charge in [0.2, 0.25) is 0 Å². The lowest BCUT2D eigenvalue weighted by Gasteiger charge is -2.11. The van der Waals surface area contributed by atoms with Crippen LogP contribution in [0, 0.1) is 24.3 Å². The van der Waals surface area contributed by atoms with Crippen LogP contribution in [-0.2, 0) is 0 Å². The zero-order valence-corrected chi connectivity index (χ0v) is 14.6. The van der Waals surface area contributed by atoms with Gasteiger partial charge < -0.3 is 5.32 Å². The van der Waals surface area contributed by atoms with E-state index in [0.29, 0.717) is 0 Å². The molecule has 0 fully saturated rings. The molecule has 0 atom stereocenters. The molecule has 20 heavy (non-hydrogen) atoms. The van der Waals surface area contributed by atoms with Crippen molar-refractivity contribution in [2.45, 2.75) is 34.1 Å². The number of nitrogens with one attached hydrogen (secondary N) is 1. The number of anilines is 1. The summed E-state index contributed by atoms with van der Waals surface area (Å²) in [5.74, 6) is 1.74. The lowest BCUT2D eigenvalue weighted by atomic mass is 10.1. The van der Waals surface area contributed by atoms with Gasteiger partial charge in [-0.25, -0.2) is 9.97 Å². The molecule has 2 rings (SSSR count). The molecule has 1 aromatic heterocycles. The molecular weight excluding hydrogens is 361 g/mol. The molecule has 0 aliphatic carbocycles. The Bertz CT molecular complexity index is 603. The molecule has 4 heteroatoms. The van der Waals surface area contributed by atoms with Gasteiger partial charge in [-0.15, -0.1) is 0 Å². The predicted molar refractivity (Wildman–Crippen MR) is 93.2 cm³/mol. The standard InChI is InChI=1S/C16H20IN3/c1-5-6-18-16-14(17)12(4)19-15(20-16)13-8-10(2)7-11(3)9-13/h7-9H,5-6H2,1-4H3,(H,18,19,20). The molecule has 0 spiro atoms. The van der Waals surface area contributed by atoms with Crippen molar-refractivity contribution in [3.8, 4) is 11.4 Å². The van der Waals surface area contributed by atoms with Crippen molar-refractivity contribution in [3.63, 3.8) is 0 Å². The topological polar surface area (TPSA) is 37.8 Å². The van der Waals surface area contributed by atoms with Gasteiger partial charge in [0, 0.05) is 12.1 Å². The van der Waals surface area contributed by atoms with Gasteiger partial charge in [-0.3, -0.25) is 0 Å². The number of aromatic nitrogens is 2. The van der Waals surface area contributed by atoms with E-state index < -0.39 is 0 Å². The van der Waals surface area contributed by atoms with Gasteiger partial charge in [0.15, 0.2) is 5.82 Å². The van der Waals surface area contributed by atoms with Crippen LogP contribution in [0.2, 0.25) is 0 Å². The van der Waals surface area contributed by atoms with Crippen molar-refractivity contribution in [2.24, 2.45) is 0 Å². The Kier molecular flexibility index (Phi) is 4.96. The summed E-state index contributed by atoms with van der Waals surface area (Å²) in [5, 5.41) is 3.38. The zero-order chi connectivity index (χ0) is 14.7. The molecule has 0 bridgehead atoms. The maximum Gasteiger partial charge on any atom is 0.161 e. The van der Waals surface area contributed by atoms with Gasteiger partial charge in [0.1, 0.15) is 5.82 Å². The fourth-order valence-corrected chi connectivity index (χ4v) is 2.58. The Morgan fingerprint density at radius 1 is 1.05 bits per heavy atom. The second-order valence-corrected chi connectivity index (χ2v) is 6.18. The highest BCUT2D eigenvalue weighted by molar-refractivity contribution is 14.1. The average Bonchev–Trinajstić information content (AvgIpc) is 2.39. The Hall–Kier alpha value is -1.17. The molecule has 0 saturated carbocycles. The van der Waals surface area contributed by atoms with E-state index in [4.69, 9.17) is 4.98 Å². The molecule has 106 valence electrons. The molecule has 1 heterocycles. The first kappa shape index (κ1) is 15.2. The fraction of sp³-hybridized carbons (Fsp3) is 0.375. The predicted octanol–water partition coefficient (Wildman–Crippen LogP) is 4.50. The summed E-state index contributed by atoms with van der Waals surface area (Å²) in [6.45, 7) is 9.32. The Balaban J connectivity index is 2.48. The second kappa shape index (κ2) is 6.52. The van der Waals surface area contributed by atoms with Crippen LogP contribution in [0.3, 0.4) is 0 Å². The monoisotopic (exact) mass is 381 g/mol. The summed E-state index contributed by atoms with van der Waals surface area (Å²) >= 11 is 2.31. The van der Waals surface area contributed by atoms with Crippen molar-refractivity contribution in [3.05, 3.63) is 38.6 Å². The minimum absolute atomic E-state index is 0.799. The van der Waals surface area contributed by atoms with Gasteiger partial charge in [-0.2, -0.15) is 0 Å². The first-order valence-electron chi connectivity index (χ1n) is 6.88. The highest BCUT2D eigenvalue weighted by Gasteiger charge is 2.11. The number of aryl methyl sites for hydroxylation is 3. The largest absolute Gasteiger partial charge is 0.369 e. The summed E-state index contributed by atoms with van der Waals surface area (Å²) in [5.41, 5.74) is 4.58. The molecule has 0 amide bonds. The third-order valence-corrected chi connectivity index (χ3v) is 4.33. The van der Waals surface area contributed by atoms with Gasteiger partial charge in [-0.1, -0.05) is 24.1 Å². The molecule has 1 N–H and O–H groups in total. The normalized spacial score (nSPS) is 10.7. The highest BCUT2D eigenvalue weighted by Crippen LogP contribution is 2.25. The summed E-state index contributed by atoms with van der Waals surface area (Å²) in [7, 11) is 0. The van der Waals surface area contributed by atoms with Gasteiger partial charge in [0.05, 0.1) is 9.26 Å². The van der Waals surface area contributed by atoms with Crippen LogP contribution in [0.4, 0.5) is 5.82 Å². The Morgan fingerprint density at radius 3 is 2.30 bits per heavy atom. The van der Waals surface area contributed by atoms with E-state index in [0.717, 1.165) is 39.4 Å². The maximum atomic E-state index is 4.69. The number of rotatable bonds is 4. The molecule has 0 unspecified atom stereocenters. The first-order chi connectivity index (χ1) is 9.51. The molecule has 1 aromatic carbocycles. The van der Waals surface area contributed by atoms with Gasteiger partial charge in [0.25, 0.3) is 0 Å². The van der Waals surface area contributed by atoms with Crippen molar-refractivity contribution in [2.75, 3.05) is 11.9 Å². The number of hydrogen-bond acceptors (Lipinski definition) is 3. The van der Waals surface area contributed by atoms with Crippen LogP contribution < -0.4 is 5.32 Å². The van der Waals surface area contributed by atoms with Gasteiger partial charge >= 0.3 is 0 Å². The van der Waals surface area contributed by atoms with E-state index >= 15 is 0 Å². The van der Waals surface area contributed by atoms with Crippen LogP contribution in [-0.4, -0.2) is 16.5 Å². The molecule has 0 radical (unpaired) electrons. The molecule has 3 nitrogen and oxygen atoms in total. The van der Waals surface area contributed by atoms with E-state index in [-0.39, 0.29) is 0 Å². The van der Waals surface area contributed by atoms with Crippen molar-refractivity contribution in [1.29, 1.82) is 0 Å². The van der Waals surface area contributed by atoms with Crippen LogP contribution in [0.1, 0.15) is 30.2 Å². The summed E-state index contributed by atoms with van der Waals surface area (Å²) < 4.78 is 1.10. The highest BCUT2D eigenvalue weighted by atomic mass is 127. The minimum atomic E-state index is 0.799. The van der Waals surface area contributed by atoms with Crippen molar-refractivity contribution in [1.82, 2.24) is 9.97 Å². The van der Waals surface area contributed by atoms with E-state index in [2.05, 4.69) is 71.9 Å². The van der Waals surface area contributed by atoms with Crippen LogP contribution in [0.5, 0.6) is 0 Å². The lowest BCUT2D eigenvalue weighted by molar-refractivity contribution is 0.958. The van der Waals surface area contributed by atoms with Crippen molar-refractivity contribution < 1.29 is 0 Å². The Labute approximate surface area is 134 Å². The quantitative estimate of drug-likeness (QED) is 0.793. The lowest BCUT2D eigenvalue weighted by Crippen LogP contribution is -2.07. The van der Waals surface area contributed by atoms with Gasteiger partial charge in [-0.05, 0) is 61.9 Å². The second-order valence-electron chi connectivity index (χ2n) is 5.10. The van der Waals surface area contributed by atoms with E-state index in [9.17, 15) is 0 Å². The van der Waals surface area contributed by atoms with E-state index in [1.807, 2.05) is 6.92 Å². The zero-order valence-electron chi connectivity index (χ0n) is 12.4. The Morgan fingerprint density at radius 2 is 1.70 bits per heavy atom. The maximum absolute atomic E-state index is 4.69. The average molecular weight is 381 g/mol. The SMILES string of the molecule is CCCNc1nc(-c2cc(C)cc(C)c2)nc(C)c1I. The number of halogens is 1. The number of hydrogen-bond donors (Lipinski definition) is 1. The molecule has 2 aromatic rings. The third kappa shape index (κ3) is 3.48. The fourth-order valence-electron chi connectivity index (χ4n) is 2.15. The molecule has 0 aliphatic heterocycles.